The minimum atomic E-state index is 0.270. The number of benzene rings is 1. The van der Waals surface area contributed by atoms with Crippen molar-refractivity contribution in [3.63, 3.8) is 0 Å². The van der Waals surface area contributed by atoms with Crippen LogP contribution in [0.25, 0.3) is 0 Å². The molecule has 0 aromatic heterocycles. The highest BCUT2D eigenvalue weighted by molar-refractivity contribution is 8.00. The van der Waals surface area contributed by atoms with Crippen molar-refractivity contribution in [1.29, 1.82) is 0 Å². The smallest absolute Gasteiger partial charge is 0.193 e. The second-order valence-electron chi connectivity index (χ2n) is 7.50. The highest BCUT2D eigenvalue weighted by atomic mass is 32.2. The first-order chi connectivity index (χ1) is 13.2. The van der Waals surface area contributed by atoms with E-state index < -0.39 is 0 Å². The molecule has 0 spiro atoms. The third kappa shape index (κ3) is 5.87. The van der Waals surface area contributed by atoms with Crippen molar-refractivity contribution in [2.75, 3.05) is 52.8 Å². The zero-order valence-electron chi connectivity index (χ0n) is 16.7. The number of ether oxygens (including phenoxy) is 2. The molecule has 2 saturated heterocycles. The molecule has 0 radical (unpaired) electrons. The van der Waals surface area contributed by atoms with Gasteiger partial charge in [0.1, 0.15) is 0 Å². The molecule has 150 valence electrons. The third-order valence-corrected chi connectivity index (χ3v) is 7.09. The van der Waals surface area contributed by atoms with E-state index >= 15 is 0 Å². The van der Waals surface area contributed by atoms with Crippen molar-refractivity contribution in [3.05, 3.63) is 35.9 Å². The lowest BCUT2D eigenvalue weighted by Crippen LogP contribution is -2.48. The average molecular weight is 392 g/mol. The molecular weight excluding hydrogens is 358 g/mol. The Morgan fingerprint density at radius 1 is 1.33 bits per heavy atom. The fourth-order valence-corrected chi connectivity index (χ4v) is 4.64. The minimum Gasteiger partial charge on any atom is -0.381 e. The molecular formula is C21H33N3O2S. The highest BCUT2D eigenvalue weighted by Crippen LogP contribution is 2.33. The third-order valence-electron chi connectivity index (χ3n) is 5.67. The Labute approximate surface area is 167 Å². The van der Waals surface area contributed by atoms with Crippen LogP contribution in [0.1, 0.15) is 24.8 Å². The molecule has 3 rings (SSSR count). The molecule has 2 heterocycles. The Hall–Kier alpha value is -1.24. The predicted molar refractivity (Wildman–Crippen MR) is 113 cm³/mol. The standard InChI is InChI=1S/C21H33N3O2S/c1-22-20(23-17-21(27-2)9-12-25-13-10-21)24-11-8-19(14-24)16-26-15-18-6-4-3-5-7-18/h3-7,19H,8-17H2,1-2H3,(H,22,23). The van der Waals surface area contributed by atoms with Crippen LogP contribution in [0.15, 0.2) is 35.3 Å². The average Bonchev–Trinajstić information content (AvgIpc) is 3.19. The van der Waals surface area contributed by atoms with Gasteiger partial charge >= 0.3 is 0 Å². The molecule has 2 aliphatic heterocycles. The van der Waals surface area contributed by atoms with E-state index in [-0.39, 0.29) is 4.75 Å². The lowest BCUT2D eigenvalue weighted by Gasteiger charge is -2.37. The first-order valence-electron chi connectivity index (χ1n) is 9.95. The Morgan fingerprint density at radius 2 is 2.11 bits per heavy atom. The van der Waals surface area contributed by atoms with E-state index in [0.717, 1.165) is 64.7 Å². The van der Waals surface area contributed by atoms with E-state index in [1.807, 2.05) is 24.9 Å². The molecule has 0 amide bonds. The van der Waals surface area contributed by atoms with Crippen LogP contribution in [0.5, 0.6) is 0 Å². The number of nitrogens with zero attached hydrogens (tertiary/aromatic N) is 2. The molecule has 5 nitrogen and oxygen atoms in total. The lowest BCUT2D eigenvalue weighted by atomic mass is 9.99. The molecule has 0 bridgehead atoms. The van der Waals surface area contributed by atoms with Gasteiger partial charge in [-0.25, -0.2) is 0 Å². The summed E-state index contributed by atoms with van der Waals surface area (Å²) in [6, 6.07) is 10.4. The Morgan fingerprint density at radius 3 is 2.81 bits per heavy atom. The summed E-state index contributed by atoms with van der Waals surface area (Å²) < 4.78 is 11.8. The highest BCUT2D eigenvalue weighted by Gasteiger charge is 2.33. The molecule has 27 heavy (non-hydrogen) atoms. The summed E-state index contributed by atoms with van der Waals surface area (Å²) in [6.07, 6.45) is 5.59. The van der Waals surface area contributed by atoms with Crippen LogP contribution >= 0.6 is 11.8 Å². The molecule has 2 aliphatic rings. The molecule has 1 atom stereocenters. The van der Waals surface area contributed by atoms with Crippen molar-refractivity contribution in [2.45, 2.75) is 30.6 Å². The fourth-order valence-electron chi connectivity index (χ4n) is 3.85. The van der Waals surface area contributed by atoms with Gasteiger partial charge in [-0.2, -0.15) is 11.8 Å². The summed E-state index contributed by atoms with van der Waals surface area (Å²) in [7, 11) is 1.89. The zero-order chi connectivity index (χ0) is 19.0. The Balaban J connectivity index is 1.42. The zero-order valence-corrected chi connectivity index (χ0v) is 17.5. The first kappa shape index (κ1) is 20.5. The van der Waals surface area contributed by atoms with Crippen LogP contribution in [-0.4, -0.2) is 68.4 Å². The van der Waals surface area contributed by atoms with E-state index in [2.05, 4.69) is 45.7 Å². The van der Waals surface area contributed by atoms with Crippen LogP contribution < -0.4 is 5.32 Å². The minimum absolute atomic E-state index is 0.270. The van der Waals surface area contributed by atoms with Crippen LogP contribution in [0.3, 0.4) is 0 Å². The molecule has 0 aliphatic carbocycles. The topological polar surface area (TPSA) is 46.1 Å². The number of aliphatic imine (C=N–C) groups is 1. The van der Waals surface area contributed by atoms with Gasteiger partial charge in [0.05, 0.1) is 13.2 Å². The Kier molecular flexibility index (Phi) is 7.85. The second kappa shape index (κ2) is 10.3. The largest absolute Gasteiger partial charge is 0.381 e. The monoisotopic (exact) mass is 391 g/mol. The molecule has 1 N–H and O–H groups in total. The number of thioether (sulfide) groups is 1. The van der Waals surface area contributed by atoms with E-state index in [1.165, 1.54) is 5.56 Å². The second-order valence-corrected chi connectivity index (χ2v) is 8.78. The van der Waals surface area contributed by atoms with Crippen molar-refractivity contribution < 1.29 is 9.47 Å². The molecule has 0 saturated carbocycles. The van der Waals surface area contributed by atoms with Crippen molar-refractivity contribution >= 4 is 17.7 Å². The fraction of sp³-hybridized carbons (Fsp3) is 0.667. The summed E-state index contributed by atoms with van der Waals surface area (Å²) in [4.78, 5) is 6.91. The van der Waals surface area contributed by atoms with Gasteiger partial charge < -0.3 is 19.7 Å². The van der Waals surface area contributed by atoms with Gasteiger partial charge in [-0.05, 0) is 31.1 Å². The first-order valence-corrected chi connectivity index (χ1v) is 11.2. The molecule has 2 fully saturated rings. The predicted octanol–water partition coefficient (Wildman–Crippen LogP) is 3.01. The number of nitrogens with one attached hydrogen (secondary N) is 1. The van der Waals surface area contributed by atoms with E-state index in [4.69, 9.17) is 9.47 Å². The van der Waals surface area contributed by atoms with Gasteiger partial charge in [-0.15, -0.1) is 0 Å². The molecule has 1 unspecified atom stereocenters. The number of hydrogen-bond acceptors (Lipinski definition) is 4. The van der Waals surface area contributed by atoms with Gasteiger partial charge in [0.2, 0.25) is 0 Å². The lowest BCUT2D eigenvalue weighted by molar-refractivity contribution is 0.0780. The van der Waals surface area contributed by atoms with Gasteiger partial charge in [0, 0.05) is 50.6 Å². The van der Waals surface area contributed by atoms with E-state index in [1.54, 1.807) is 0 Å². The number of rotatable bonds is 7. The molecule has 6 heteroatoms. The summed E-state index contributed by atoms with van der Waals surface area (Å²) >= 11 is 1.96. The van der Waals surface area contributed by atoms with Crippen LogP contribution in [0.2, 0.25) is 0 Å². The van der Waals surface area contributed by atoms with Crippen molar-refractivity contribution in [2.24, 2.45) is 10.9 Å². The van der Waals surface area contributed by atoms with Gasteiger partial charge in [0.25, 0.3) is 0 Å². The maximum Gasteiger partial charge on any atom is 0.193 e. The number of hydrogen-bond donors (Lipinski definition) is 1. The van der Waals surface area contributed by atoms with Crippen molar-refractivity contribution in [1.82, 2.24) is 10.2 Å². The molecule has 1 aromatic rings. The van der Waals surface area contributed by atoms with Gasteiger partial charge in [-0.3, -0.25) is 4.99 Å². The van der Waals surface area contributed by atoms with E-state index in [9.17, 15) is 0 Å². The quantitative estimate of drug-likeness (QED) is 0.572. The van der Waals surface area contributed by atoms with Crippen molar-refractivity contribution in [3.8, 4) is 0 Å². The maximum absolute atomic E-state index is 5.95. The maximum atomic E-state index is 5.95. The van der Waals surface area contributed by atoms with Crippen LogP contribution in [-0.2, 0) is 16.1 Å². The summed E-state index contributed by atoms with van der Waals surface area (Å²) in [5.41, 5.74) is 1.24. The Bertz CT molecular complexity index is 590. The van der Waals surface area contributed by atoms with Crippen LogP contribution in [0, 0.1) is 5.92 Å². The number of guanidine groups is 1. The van der Waals surface area contributed by atoms with Crippen LogP contribution in [0.4, 0.5) is 0 Å². The van der Waals surface area contributed by atoms with Gasteiger partial charge in [-0.1, -0.05) is 30.3 Å². The van der Waals surface area contributed by atoms with Gasteiger partial charge in [0.15, 0.2) is 5.96 Å². The summed E-state index contributed by atoms with van der Waals surface area (Å²) in [6.45, 7) is 6.27. The van der Waals surface area contributed by atoms with E-state index in [0.29, 0.717) is 12.5 Å². The normalized spacial score (nSPS) is 22.8. The molecule has 1 aromatic carbocycles. The SMILES string of the molecule is CN=C(NCC1(SC)CCOCC1)N1CCC(COCc2ccccc2)C1. The summed E-state index contributed by atoms with van der Waals surface area (Å²) in [5, 5.41) is 3.63. The number of likely N-dealkylation sites (tertiary alicyclic amines) is 1. The summed E-state index contributed by atoms with van der Waals surface area (Å²) in [5.74, 6) is 1.60.